The van der Waals surface area contributed by atoms with E-state index in [0.717, 1.165) is 47.9 Å². The second-order valence-electron chi connectivity index (χ2n) is 7.01. The molecule has 3 aromatic rings. The number of ether oxygens (including phenoxy) is 1. The van der Waals surface area contributed by atoms with Gasteiger partial charge in [-0.3, -0.25) is 9.69 Å². The molecule has 0 spiro atoms. The number of aryl methyl sites for hydroxylation is 1. The van der Waals surface area contributed by atoms with Crippen LogP contribution in [0.4, 0.5) is 4.39 Å². The van der Waals surface area contributed by atoms with Gasteiger partial charge in [-0.1, -0.05) is 0 Å². The van der Waals surface area contributed by atoms with E-state index in [1.54, 1.807) is 16.8 Å². The maximum absolute atomic E-state index is 13.2. The maximum Gasteiger partial charge on any atom is 0.261 e. The molecule has 1 N–H and O–H groups in total. The van der Waals surface area contributed by atoms with Crippen LogP contribution in [0.15, 0.2) is 30.3 Å². The number of carbonyl (C=O) groups is 1. The lowest BCUT2D eigenvalue weighted by molar-refractivity contribution is 0.0204. The molecule has 0 aliphatic carbocycles. The predicted molar refractivity (Wildman–Crippen MR) is 108 cm³/mol. The number of rotatable bonds is 5. The summed E-state index contributed by atoms with van der Waals surface area (Å²) in [6, 6.07) is 8.34. The summed E-state index contributed by atoms with van der Waals surface area (Å²) in [6.45, 7) is 7.90. The molecule has 1 fully saturated rings. The molecule has 1 aliphatic heterocycles. The van der Waals surface area contributed by atoms with Gasteiger partial charge in [0.1, 0.15) is 10.6 Å². The van der Waals surface area contributed by atoms with E-state index in [2.05, 4.69) is 22.2 Å². The van der Waals surface area contributed by atoms with Crippen molar-refractivity contribution in [1.29, 1.82) is 0 Å². The van der Waals surface area contributed by atoms with E-state index >= 15 is 0 Å². The van der Waals surface area contributed by atoms with E-state index < -0.39 is 0 Å². The Morgan fingerprint density at radius 3 is 2.75 bits per heavy atom. The smallest absolute Gasteiger partial charge is 0.261 e. The Labute approximate surface area is 166 Å². The molecule has 1 atom stereocenters. The molecule has 28 heavy (non-hydrogen) atoms. The number of hydrogen-bond donors (Lipinski definition) is 1. The van der Waals surface area contributed by atoms with Gasteiger partial charge >= 0.3 is 0 Å². The number of thiophene rings is 1. The predicted octanol–water partition coefficient (Wildman–Crippen LogP) is 2.99. The molecular formula is C20H23FN4O2S. The van der Waals surface area contributed by atoms with Crippen molar-refractivity contribution in [3.63, 3.8) is 0 Å². The van der Waals surface area contributed by atoms with Crippen molar-refractivity contribution in [2.75, 3.05) is 32.8 Å². The van der Waals surface area contributed by atoms with E-state index in [0.29, 0.717) is 11.4 Å². The van der Waals surface area contributed by atoms with E-state index in [9.17, 15) is 9.18 Å². The lowest BCUT2D eigenvalue weighted by Crippen LogP contribution is -2.47. The zero-order valence-corrected chi connectivity index (χ0v) is 16.8. The summed E-state index contributed by atoms with van der Waals surface area (Å²) in [7, 11) is 0. The number of halogens is 1. The monoisotopic (exact) mass is 402 g/mol. The molecule has 3 heterocycles. The number of morpholine rings is 1. The fourth-order valence-electron chi connectivity index (χ4n) is 3.39. The van der Waals surface area contributed by atoms with Crippen LogP contribution in [0.5, 0.6) is 0 Å². The Morgan fingerprint density at radius 2 is 2.04 bits per heavy atom. The van der Waals surface area contributed by atoms with Gasteiger partial charge in [-0.2, -0.15) is 5.10 Å². The molecule has 148 valence electrons. The molecule has 1 aromatic carbocycles. The Kier molecular flexibility index (Phi) is 5.43. The molecule has 1 saturated heterocycles. The summed E-state index contributed by atoms with van der Waals surface area (Å²) < 4.78 is 20.4. The third kappa shape index (κ3) is 3.80. The van der Waals surface area contributed by atoms with E-state index in [1.807, 2.05) is 13.0 Å². The topological polar surface area (TPSA) is 59.4 Å². The van der Waals surface area contributed by atoms with Gasteiger partial charge in [0.2, 0.25) is 0 Å². The first kappa shape index (κ1) is 19.0. The third-order valence-corrected chi connectivity index (χ3v) is 6.18. The standard InChI is InChI=1S/C20H23FN4O2S/c1-13(24-7-9-27-10-8-24)12-22-19(26)18-11-17-14(2)23-25(20(17)28-18)16-5-3-15(21)4-6-16/h3-6,11,13H,7-10,12H2,1-2H3,(H,22,26). The lowest BCUT2D eigenvalue weighted by Gasteiger charge is -2.32. The quantitative estimate of drug-likeness (QED) is 0.713. The molecule has 6 nitrogen and oxygen atoms in total. The van der Waals surface area contributed by atoms with Crippen LogP contribution in [0.3, 0.4) is 0 Å². The van der Waals surface area contributed by atoms with Crippen LogP contribution in [0.25, 0.3) is 15.9 Å². The van der Waals surface area contributed by atoms with Gasteiger partial charge in [-0.15, -0.1) is 11.3 Å². The molecular weight excluding hydrogens is 379 g/mol. The van der Waals surface area contributed by atoms with Crippen LogP contribution in [0, 0.1) is 12.7 Å². The highest BCUT2D eigenvalue weighted by atomic mass is 32.1. The van der Waals surface area contributed by atoms with Crippen molar-refractivity contribution < 1.29 is 13.9 Å². The molecule has 1 aliphatic rings. The largest absolute Gasteiger partial charge is 0.379 e. The van der Waals surface area contributed by atoms with Crippen molar-refractivity contribution in [2.24, 2.45) is 0 Å². The summed E-state index contributed by atoms with van der Waals surface area (Å²) >= 11 is 1.40. The lowest BCUT2D eigenvalue weighted by atomic mass is 10.2. The van der Waals surface area contributed by atoms with Crippen LogP contribution in [0.2, 0.25) is 0 Å². The Bertz CT molecular complexity index is 976. The van der Waals surface area contributed by atoms with Gasteiger partial charge in [-0.25, -0.2) is 9.07 Å². The number of nitrogens with one attached hydrogen (secondary N) is 1. The molecule has 0 bridgehead atoms. The average molecular weight is 402 g/mol. The van der Waals surface area contributed by atoms with Crippen molar-refractivity contribution in [3.8, 4) is 5.69 Å². The maximum atomic E-state index is 13.2. The van der Waals surface area contributed by atoms with E-state index in [4.69, 9.17) is 4.74 Å². The Hall–Kier alpha value is -2.29. The minimum absolute atomic E-state index is 0.0774. The summed E-state index contributed by atoms with van der Waals surface area (Å²) in [5, 5.41) is 8.53. The average Bonchev–Trinajstić information content (AvgIpc) is 3.28. The molecule has 8 heteroatoms. The highest BCUT2D eigenvalue weighted by Crippen LogP contribution is 2.30. The van der Waals surface area contributed by atoms with Gasteiger partial charge in [-0.05, 0) is 44.2 Å². The number of amides is 1. The number of nitrogens with zero attached hydrogens (tertiary/aromatic N) is 3. The summed E-state index contributed by atoms with van der Waals surface area (Å²) in [4.78, 5) is 16.5. The minimum atomic E-state index is -0.287. The number of fused-ring (bicyclic) bond motifs is 1. The van der Waals surface area contributed by atoms with Gasteiger partial charge < -0.3 is 10.1 Å². The first-order valence-electron chi connectivity index (χ1n) is 9.38. The summed E-state index contributed by atoms with van der Waals surface area (Å²) in [5.41, 5.74) is 1.62. The number of aromatic nitrogens is 2. The number of carbonyl (C=O) groups excluding carboxylic acids is 1. The molecule has 0 saturated carbocycles. The normalized spacial score (nSPS) is 16.4. The molecule has 4 rings (SSSR count). The van der Waals surface area contributed by atoms with Crippen molar-refractivity contribution in [3.05, 3.63) is 46.7 Å². The zero-order chi connectivity index (χ0) is 19.7. The zero-order valence-electron chi connectivity index (χ0n) is 15.9. The van der Waals surface area contributed by atoms with Gasteiger partial charge in [0.25, 0.3) is 5.91 Å². The highest BCUT2D eigenvalue weighted by molar-refractivity contribution is 7.20. The molecule has 1 amide bonds. The second-order valence-corrected chi connectivity index (χ2v) is 8.04. The van der Waals surface area contributed by atoms with Gasteiger partial charge in [0.15, 0.2) is 0 Å². The Morgan fingerprint density at radius 1 is 1.32 bits per heavy atom. The molecule has 2 aromatic heterocycles. The molecule has 0 radical (unpaired) electrons. The van der Waals surface area contributed by atoms with Crippen LogP contribution in [0.1, 0.15) is 22.3 Å². The van der Waals surface area contributed by atoms with Gasteiger partial charge in [0, 0.05) is 31.1 Å². The minimum Gasteiger partial charge on any atom is -0.379 e. The fraction of sp³-hybridized carbons (Fsp3) is 0.400. The van der Waals surface area contributed by atoms with Crippen molar-refractivity contribution >= 4 is 27.5 Å². The van der Waals surface area contributed by atoms with E-state index in [-0.39, 0.29) is 17.8 Å². The van der Waals surface area contributed by atoms with Gasteiger partial charge in [0.05, 0.1) is 29.5 Å². The fourth-order valence-corrected chi connectivity index (χ4v) is 4.49. The van der Waals surface area contributed by atoms with Crippen LogP contribution in [-0.4, -0.2) is 59.5 Å². The van der Waals surface area contributed by atoms with Crippen molar-refractivity contribution in [2.45, 2.75) is 19.9 Å². The van der Waals surface area contributed by atoms with Crippen molar-refractivity contribution in [1.82, 2.24) is 20.0 Å². The van der Waals surface area contributed by atoms with Crippen LogP contribution >= 0.6 is 11.3 Å². The van der Waals surface area contributed by atoms with Crippen LogP contribution < -0.4 is 5.32 Å². The number of hydrogen-bond acceptors (Lipinski definition) is 5. The first-order chi connectivity index (χ1) is 13.5. The van der Waals surface area contributed by atoms with Crippen LogP contribution in [-0.2, 0) is 4.74 Å². The highest BCUT2D eigenvalue weighted by Gasteiger charge is 2.20. The third-order valence-electron chi connectivity index (χ3n) is 5.07. The SMILES string of the molecule is Cc1nn(-c2ccc(F)cc2)c2sc(C(=O)NCC(C)N3CCOCC3)cc12. The summed E-state index contributed by atoms with van der Waals surface area (Å²) in [5.74, 6) is -0.365. The first-order valence-corrected chi connectivity index (χ1v) is 10.2. The second kappa shape index (κ2) is 7.98. The number of benzene rings is 1. The summed E-state index contributed by atoms with van der Waals surface area (Å²) in [6.07, 6.45) is 0. The Balaban J connectivity index is 1.50. The molecule has 1 unspecified atom stereocenters. The van der Waals surface area contributed by atoms with E-state index in [1.165, 1.54) is 23.5 Å².